The van der Waals surface area contributed by atoms with Crippen molar-refractivity contribution >= 4 is 0 Å². The van der Waals surface area contributed by atoms with Gasteiger partial charge in [0.2, 0.25) is 0 Å². The van der Waals surface area contributed by atoms with Crippen molar-refractivity contribution in [2.75, 3.05) is 6.61 Å². The maximum Gasteiger partial charge on any atom is 0.125 e. The second-order valence-electron chi connectivity index (χ2n) is 7.32. The molecule has 2 rings (SSSR count). The van der Waals surface area contributed by atoms with Gasteiger partial charge in [0.15, 0.2) is 0 Å². The third-order valence-electron chi connectivity index (χ3n) is 4.65. The third-order valence-corrected chi connectivity index (χ3v) is 4.65. The predicted molar refractivity (Wildman–Crippen MR) is 77.7 cm³/mol. The van der Waals surface area contributed by atoms with Crippen molar-refractivity contribution in [2.24, 2.45) is 11.3 Å². The third kappa shape index (κ3) is 4.23. The van der Waals surface area contributed by atoms with Crippen molar-refractivity contribution in [2.45, 2.75) is 77.4 Å². The largest absolute Gasteiger partial charge is 0.378 e. The van der Waals surface area contributed by atoms with Gasteiger partial charge in [-0.25, -0.2) is 0 Å². The SMILES string of the molecule is CC(C)(C)[C@@H]1CC[C@H](C#CC2(O)CCCCC2)OC1. The van der Waals surface area contributed by atoms with Crippen molar-refractivity contribution in [3.8, 4) is 11.8 Å². The smallest absolute Gasteiger partial charge is 0.125 e. The van der Waals surface area contributed by atoms with E-state index in [1.165, 1.54) is 12.8 Å². The number of ether oxygens (including phenoxy) is 1. The van der Waals surface area contributed by atoms with Crippen LogP contribution < -0.4 is 0 Å². The van der Waals surface area contributed by atoms with Gasteiger partial charge < -0.3 is 9.84 Å². The zero-order chi connectivity index (χ0) is 13.9. The molecule has 2 aliphatic rings. The van der Waals surface area contributed by atoms with Crippen LogP contribution in [-0.2, 0) is 4.74 Å². The summed E-state index contributed by atoms with van der Waals surface area (Å²) in [6.07, 6.45) is 7.31. The summed E-state index contributed by atoms with van der Waals surface area (Å²) >= 11 is 0. The summed E-state index contributed by atoms with van der Waals surface area (Å²) in [6, 6.07) is 0. The zero-order valence-electron chi connectivity index (χ0n) is 12.7. The number of hydrogen-bond acceptors (Lipinski definition) is 2. The Bertz CT molecular complexity index is 342. The summed E-state index contributed by atoms with van der Waals surface area (Å²) in [6.45, 7) is 7.63. The molecule has 1 aliphatic carbocycles. The molecule has 0 aromatic rings. The van der Waals surface area contributed by atoms with Crippen LogP contribution in [0.2, 0.25) is 0 Å². The van der Waals surface area contributed by atoms with E-state index in [2.05, 4.69) is 32.6 Å². The molecule has 0 radical (unpaired) electrons. The van der Waals surface area contributed by atoms with E-state index in [1.54, 1.807) is 0 Å². The molecule has 0 bridgehead atoms. The average molecular weight is 264 g/mol. The van der Waals surface area contributed by atoms with E-state index in [0.717, 1.165) is 38.7 Å². The fourth-order valence-electron chi connectivity index (χ4n) is 3.02. The molecule has 2 atom stereocenters. The second kappa shape index (κ2) is 5.85. The van der Waals surface area contributed by atoms with E-state index < -0.39 is 5.60 Å². The summed E-state index contributed by atoms with van der Waals surface area (Å²) in [5.74, 6) is 6.91. The van der Waals surface area contributed by atoms with Gasteiger partial charge in [0.25, 0.3) is 0 Å². The number of aliphatic hydroxyl groups is 1. The van der Waals surface area contributed by atoms with Gasteiger partial charge in [-0.3, -0.25) is 0 Å². The summed E-state index contributed by atoms with van der Waals surface area (Å²) in [4.78, 5) is 0. The van der Waals surface area contributed by atoms with Crippen LogP contribution in [0.4, 0.5) is 0 Å². The van der Waals surface area contributed by atoms with E-state index in [9.17, 15) is 5.11 Å². The van der Waals surface area contributed by atoms with Crippen LogP contribution in [0, 0.1) is 23.2 Å². The molecule has 2 fully saturated rings. The zero-order valence-corrected chi connectivity index (χ0v) is 12.7. The Morgan fingerprint density at radius 2 is 1.79 bits per heavy atom. The Labute approximate surface area is 117 Å². The van der Waals surface area contributed by atoms with Crippen LogP contribution >= 0.6 is 0 Å². The van der Waals surface area contributed by atoms with Crippen LogP contribution in [0.1, 0.15) is 65.7 Å². The summed E-state index contributed by atoms with van der Waals surface area (Å²) in [5.41, 5.74) is -0.414. The van der Waals surface area contributed by atoms with Crippen molar-refractivity contribution in [1.29, 1.82) is 0 Å². The Morgan fingerprint density at radius 3 is 2.32 bits per heavy atom. The Balaban J connectivity index is 1.86. The number of rotatable bonds is 0. The van der Waals surface area contributed by atoms with Gasteiger partial charge in [-0.2, -0.15) is 0 Å². The molecule has 1 N–H and O–H groups in total. The molecule has 0 aromatic heterocycles. The van der Waals surface area contributed by atoms with Crippen molar-refractivity contribution in [3.63, 3.8) is 0 Å². The first-order chi connectivity index (χ1) is 8.89. The molecule has 0 amide bonds. The topological polar surface area (TPSA) is 29.5 Å². The van der Waals surface area contributed by atoms with Gasteiger partial charge in [-0.1, -0.05) is 39.0 Å². The van der Waals surface area contributed by atoms with E-state index in [0.29, 0.717) is 11.3 Å². The van der Waals surface area contributed by atoms with Crippen LogP contribution in [-0.4, -0.2) is 23.4 Å². The summed E-state index contributed by atoms with van der Waals surface area (Å²) < 4.78 is 5.87. The molecule has 1 aliphatic heterocycles. The van der Waals surface area contributed by atoms with Crippen LogP contribution in [0.15, 0.2) is 0 Å². The van der Waals surface area contributed by atoms with Crippen LogP contribution in [0.3, 0.4) is 0 Å². The van der Waals surface area contributed by atoms with Gasteiger partial charge in [-0.15, -0.1) is 0 Å². The lowest BCUT2D eigenvalue weighted by Crippen LogP contribution is -2.34. The molecule has 1 heterocycles. The molecule has 0 unspecified atom stereocenters. The minimum Gasteiger partial charge on any atom is -0.378 e. The van der Waals surface area contributed by atoms with Crippen LogP contribution in [0.5, 0.6) is 0 Å². The monoisotopic (exact) mass is 264 g/mol. The van der Waals surface area contributed by atoms with Gasteiger partial charge in [0, 0.05) is 0 Å². The van der Waals surface area contributed by atoms with Crippen molar-refractivity contribution < 1.29 is 9.84 Å². The molecule has 1 saturated carbocycles. The van der Waals surface area contributed by atoms with Crippen molar-refractivity contribution in [3.05, 3.63) is 0 Å². The molecule has 2 heteroatoms. The van der Waals surface area contributed by atoms with Crippen molar-refractivity contribution in [1.82, 2.24) is 0 Å². The maximum atomic E-state index is 10.4. The van der Waals surface area contributed by atoms with Gasteiger partial charge in [0.05, 0.1) is 6.61 Å². The fourth-order valence-corrected chi connectivity index (χ4v) is 3.02. The van der Waals surface area contributed by atoms with E-state index in [1.807, 2.05) is 0 Å². The van der Waals surface area contributed by atoms with E-state index in [-0.39, 0.29) is 6.10 Å². The molecule has 0 spiro atoms. The maximum absolute atomic E-state index is 10.4. The van der Waals surface area contributed by atoms with Crippen LogP contribution in [0.25, 0.3) is 0 Å². The standard InChI is InChI=1S/C17H28O2/c1-16(2,3)14-7-8-15(19-13-14)9-12-17(18)10-5-4-6-11-17/h14-15,18H,4-8,10-11,13H2,1-3H3/t14-,15-/m1/s1. The molecular weight excluding hydrogens is 236 g/mol. The quantitative estimate of drug-likeness (QED) is 0.678. The van der Waals surface area contributed by atoms with Gasteiger partial charge in [0.1, 0.15) is 11.7 Å². The molecule has 0 aromatic carbocycles. The second-order valence-corrected chi connectivity index (χ2v) is 7.32. The molecular formula is C17H28O2. The first-order valence-corrected chi connectivity index (χ1v) is 7.76. The lowest BCUT2D eigenvalue weighted by molar-refractivity contribution is -0.0207. The normalized spacial score (nSPS) is 31.4. The first kappa shape index (κ1) is 14.9. The number of hydrogen-bond donors (Lipinski definition) is 1. The highest BCUT2D eigenvalue weighted by Gasteiger charge is 2.31. The molecule has 1 saturated heterocycles. The average Bonchev–Trinajstić information content (AvgIpc) is 2.37. The fraction of sp³-hybridized carbons (Fsp3) is 0.882. The summed E-state index contributed by atoms with van der Waals surface area (Å²) in [5, 5.41) is 10.4. The highest BCUT2D eigenvalue weighted by Crippen LogP contribution is 2.34. The summed E-state index contributed by atoms with van der Waals surface area (Å²) in [7, 11) is 0. The Morgan fingerprint density at radius 1 is 1.11 bits per heavy atom. The molecule has 108 valence electrons. The first-order valence-electron chi connectivity index (χ1n) is 7.76. The predicted octanol–water partition coefficient (Wildman–Crippen LogP) is 3.53. The lowest BCUT2D eigenvalue weighted by atomic mass is 9.77. The minimum atomic E-state index is -0.734. The highest BCUT2D eigenvalue weighted by atomic mass is 16.5. The Hall–Kier alpha value is -0.520. The lowest BCUT2D eigenvalue weighted by Gasteiger charge is -2.35. The highest BCUT2D eigenvalue weighted by molar-refractivity contribution is 5.17. The molecule has 19 heavy (non-hydrogen) atoms. The van der Waals surface area contributed by atoms with Gasteiger partial charge in [-0.05, 0) is 49.9 Å². The minimum absolute atomic E-state index is 0.0320. The molecule has 2 nitrogen and oxygen atoms in total. The van der Waals surface area contributed by atoms with Gasteiger partial charge >= 0.3 is 0 Å². The van der Waals surface area contributed by atoms with E-state index in [4.69, 9.17) is 4.74 Å². The van der Waals surface area contributed by atoms with E-state index >= 15 is 0 Å². The Kier molecular flexibility index (Phi) is 4.58.